The van der Waals surface area contributed by atoms with Crippen LogP contribution in [0.25, 0.3) is 11.0 Å². The van der Waals surface area contributed by atoms with Crippen LogP contribution in [-0.2, 0) is 4.79 Å². The lowest BCUT2D eigenvalue weighted by Gasteiger charge is -2.26. The number of nitrogens with one attached hydrogen (secondary N) is 3. The molecule has 3 rings (SSSR count). The fourth-order valence-corrected chi connectivity index (χ4v) is 2.72. The highest BCUT2D eigenvalue weighted by atomic mass is 16.3. The van der Waals surface area contributed by atoms with Gasteiger partial charge in [-0.1, -0.05) is 0 Å². The minimum Gasteiger partial charge on any atom is -0.464 e. The maximum atomic E-state index is 11.9. The second kappa shape index (κ2) is 7.80. The maximum absolute atomic E-state index is 11.9. The molecule has 3 N–H and O–H groups in total. The van der Waals surface area contributed by atoms with Crippen LogP contribution in [0.4, 0.5) is 10.5 Å². The third-order valence-corrected chi connectivity index (χ3v) is 3.97. The molecule has 1 aliphatic rings. The third-order valence-electron chi connectivity index (χ3n) is 3.97. The molecule has 1 aromatic heterocycles. The number of anilines is 1. The van der Waals surface area contributed by atoms with Gasteiger partial charge in [-0.25, -0.2) is 4.79 Å². The SMILES string of the molecule is O=C1CN(CCCNC(=O)Nc2ccc3occc(=O)c3c2)CCN1. The Morgan fingerprint density at radius 2 is 2.16 bits per heavy atom. The molecule has 0 radical (unpaired) electrons. The highest BCUT2D eigenvalue weighted by Crippen LogP contribution is 2.15. The molecule has 1 aliphatic heterocycles. The quantitative estimate of drug-likeness (QED) is 0.694. The van der Waals surface area contributed by atoms with Crippen molar-refractivity contribution in [1.29, 1.82) is 0 Å². The Morgan fingerprint density at radius 1 is 1.28 bits per heavy atom. The molecular formula is C17H20N4O4. The zero-order valence-electron chi connectivity index (χ0n) is 13.7. The molecule has 0 aliphatic carbocycles. The molecule has 8 heteroatoms. The van der Waals surface area contributed by atoms with Gasteiger partial charge in [-0.15, -0.1) is 0 Å². The molecule has 0 unspecified atom stereocenters. The highest BCUT2D eigenvalue weighted by molar-refractivity contribution is 5.92. The Kier molecular flexibility index (Phi) is 5.30. The van der Waals surface area contributed by atoms with Crippen LogP contribution >= 0.6 is 0 Å². The zero-order valence-corrected chi connectivity index (χ0v) is 13.7. The third kappa shape index (κ3) is 4.57. The van der Waals surface area contributed by atoms with Gasteiger partial charge in [-0.05, 0) is 24.6 Å². The summed E-state index contributed by atoms with van der Waals surface area (Å²) in [4.78, 5) is 37.0. The first kappa shape index (κ1) is 17.0. The molecule has 3 amide bonds. The lowest BCUT2D eigenvalue weighted by Crippen LogP contribution is -2.48. The van der Waals surface area contributed by atoms with Gasteiger partial charge >= 0.3 is 6.03 Å². The minimum atomic E-state index is -0.337. The van der Waals surface area contributed by atoms with E-state index in [-0.39, 0.29) is 17.4 Å². The van der Waals surface area contributed by atoms with Crippen molar-refractivity contribution in [3.05, 3.63) is 40.8 Å². The van der Waals surface area contributed by atoms with E-state index in [1.165, 1.54) is 12.3 Å². The number of urea groups is 1. The molecule has 0 atom stereocenters. The second-order valence-corrected chi connectivity index (χ2v) is 5.86. The number of carbonyl (C=O) groups excluding carboxylic acids is 2. The van der Waals surface area contributed by atoms with Crippen molar-refractivity contribution in [3.63, 3.8) is 0 Å². The van der Waals surface area contributed by atoms with Gasteiger partial charge in [0.15, 0.2) is 5.43 Å². The van der Waals surface area contributed by atoms with E-state index < -0.39 is 0 Å². The Hall–Kier alpha value is -2.87. The fourth-order valence-electron chi connectivity index (χ4n) is 2.72. The van der Waals surface area contributed by atoms with E-state index in [2.05, 4.69) is 20.9 Å². The summed E-state index contributed by atoms with van der Waals surface area (Å²) in [5.74, 6) is 0.0396. The van der Waals surface area contributed by atoms with E-state index in [4.69, 9.17) is 4.42 Å². The Bertz CT molecular complexity index is 833. The van der Waals surface area contributed by atoms with Gasteiger partial charge in [0.2, 0.25) is 5.91 Å². The van der Waals surface area contributed by atoms with Crippen LogP contribution in [0.3, 0.4) is 0 Å². The van der Waals surface area contributed by atoms with Crippen LogP contribution in [0.5, 0.6) is 0 Å². The van der Waals surface area contributed by atoms with Crippen LogP contribution in [-0.4, -0.2) is 49.6 Å². The first-order valence-corrected chi connectivity index (χ1v) is 8.17. The lowest BCUT2D eigenvalue weighted by atomic mass is 10.2. The molecule has 1 aromatic carbocycles. The monoisotopic (exact) mass is 344 g/mol. The van der Waals surface area contributed by atoms with Crippen LogP contribution in [0.15, 0.2) is 39.7 Å². The predicted octanol–water partition coefficient (Wildman–Crippen LogP) is 0.736. The van der Waals surface area contributed by atoms with Gasteiger partial charge in [0, 0.05) is 37.9 Å². The van der Waals surface area contributed by atoms with Gasteiger partial charge in [-0.2, -0.15) is 0 Å². The zero-order chi connectivity index (χ0) is 17.6. The summed E-state index contributed by atoms with van der Waals surface area (Å²) < 4.78 is 5.24. The normalized spacial score (nSPS) is 15.0. The lowest BCUT2D eigenvalue weighted by molar-refractivity contribution is -0.124. The summed E-state index contributed by atoms with van der Waals surface area (Å²) in [6, 6.07) is 5.92. The van der Waals surface area contributed by atoms with Crippen LogP contribution < -0.4 is 21.4 Å². The minimum absolute atomic E-state index is 0.0396. The first-order valence-electron chi connectivity index (χ1n) is 8.17. The molecule has 132 valence electrons. The summed E-state index contributed by atoms with van der Waals surface area (Å²) in [6.07, 6.45) is 2.10. The Morgan fingerprint density at radius 3 is 3.00 bits per heavy atom. The average Bonchev–Trinajstić information content (AvgIpc) is 2.60. The molecular weight excluding hydrogens is 324 g/mol. The summed E-state index contributed by atoms with van der Waals surface area (Å²) in [5, 5.41) is 8.66. The van der Waals surface area contributed by atoms with E-state index in [1.807, 2.05) is 0 Å². The molecule has 0 bridgehead atoms. The van der Waals surface area contributed by atoms with Crippen LogP contribution in [0.1, 0.15) is 6.42 Å². The van der Waals surface area contributed by atoms with Gasteiger partial charge < -0.3 is 20.4 Å². The van der Waals surface area contributed by atoms with E-state index >= 15 is 0 Å². The van der Waals surface area contributed by atoms with Gasteiger partial charge in [-0.3, -0.25) is 14.5 Å². The van der Waals surface area contributed by atoms with Crippen molar-refractivity contribution in [1.82, 2.24) is 15.5 Å². The number of hydrogen-bond donors (Lipinski definition) is 3. The molecule has 2 heterocycles. The topological polar surface area (TPSA) is 104 Å². The number of rotatable bonds is 5. The number of benzene rings is 1. The summed E-state index contributed by atoms with van der Waals surface area (Å²) >= 11 is 0. The second-order valence-electron chi connectivity index (χ2n) is 5.86. The number of fused-ring (bicyclic) bond motifs is 1. The molecule has 2 aromatic rings. The van der Waals surface area contributed by atoms with Crippen molar-refractivity contribution >= 4 is 28.6 Å². The van der Waals surface area contributed by atoms with E-state index in [1.54, 1.807) is 18.2 Å². The predicted molar refractivity (Wildman–Crippen MR) is 93.6 cm³/mol. The largest absolute Gasteiger partial charge is 0.464 e. The van der Waals surface area contributed by atoms with Gasteiger partial charge in [0.25, 0.3) is 0 Å². The van der Waals surface area contributed by atoms with Gasteiger partial charge in [0.05, 0.1) is 18.2 Å². The summed E-state index contributed by atoms with van der Waals surface area (Å²) in [7, 11) is 0. The number of hydrogen-bond acceptors (Lipinski definition) is 5. The molecule has 0 saturated carbocycles. The average molecular weight is 344 g/mol. The molecule has 1 fully saturated rings. The summed E-state index contributed by atoms with van der Waals surface area (Å²) in [6.45, 7) is 3.16. The maximum Gasteiger partial charge on any atom is 0.319 e. The smallest absolute Gasteiger partial charge is 0.319 e. The molecule has 0 spiro atoms. The molecule has 8 nitrogen and oxygen atoms in total. The van der Waals surface area contributed by atoms with Crippen molar-refractivity contribution in [2.75, 3.05) is 38.0 Å². The Balaban J connectivity index is 1.45. The van der Waals surface area contributed by atoms with Crippen molar-refractivity contribution in [2.24, 2.45) is 0 Å². The van der Waals surface area contributed by atoms with E-state index in [9.17, 15) is 14.4 Å². The van der Waals surface area contributed by atoms with E-state index in [0.29, 0.717) is 36.3 Å². The van der Waals surface area contributed by atoms with Crippen molar-refractivity contribution < 1.29 is 14.0 Å². The number of nitrogens with zero attached hydrogens (tertiary/aromatic N) is 1. The van der Waals surface area contributed by atoms with Gasteiger partial charge in [0.1, 0.15) is 5.58 Å². The number of amides is 3. The van der Waals surface area contributed by atoms with Crippen LogP contribution in [0, 0.1) is 0 Å². The number of piperazine rings is 1. The Labute approximate surface area is 144 Å². The number of carbonyl (C=O) groups is 2. The summed E-state index contributed by atoms with van der Waals surface area (Å²) in [5.41, 5.74) is 0.844. The molecule has 1 saturated heterocycles. The first-order chi connectivity index (χ1) is 12.1. The van der Waals surface area contributed by atoms with Crippen molar-refractivity contribution in [3.8, 4) is 0 Å². The highest BCUT2D eigenvalue weighted by Gasteiger charge is 2.15. The van der Waals surface area contributed by atoms with Crippen LogP contribution in [0.2, 0.25) is 0 Å². The standard InChI is InChI=1S/C17H20N4O4/c22-14-4-9-25-15-3-2-12(10-13(14)15)20-17(24)19-5-1-7-21-8-6-18-16(23)11-21/h2-4,9-10H,1,5-8,11H2,(H,18,23)(H2,19,20,24). The van der Waals surface area contributed by atoms with E-state index in [0.717, 1.165) is 19.5 Å². The molecule has 25 heavy (non-hydrogen) atoms. The fraction of sp³-hybridized carbons (Fsp3) is 0.353. The van der Waals surface area contributed by atoms with Crippen molar-refractivity contribution in [2.45, 2.75) is 6.42 Å².